The lowest BCUT2D eigenvalue weighted by Gasteiger charge is -2.12. The van der Waals surface area contributed by atoms with Crippen LogP contribution in [0.15, 0.2) is 30.3 Å². The molecular formula is C21H27N2O2S+. The van der Waals surface area contributed by atoms with Gasteiger partial charge < -0.3 is 9.47 Å². The number of hydrogen-bond acceptors (Lipinski definition) is 4. The van der Waals surface area contributed by atoms with Gasteiger partial charge >= 0.3 is 0 Å². The molecule has 1 heterocycles. The van der Waals surface area contributed by atoms with Gasteiger partial charge in [0.25, 0.3) is 0 Å². The number of aryl methyl sites for hydroxylation is 2. The zero-order chi connectivity index (χ0) is 18.5. The Morgan fingerprint density at radius 3 is 2.46 bits per heavy atom. The average Bonchev–Trinajstić information content (AvgIpc) is 2.66. The fourth-order valence-corrected chi connectivity index (χ4v) is 4.31. The third kappa shape index (κ3) is 3.95. The second-order valence-electron chi connectivity index (χ2n) is 6.41. The summed E-state index contributed by atoms with van der Waals surface area (Å²) in [7, 11) is 3.49. The van der Waals surface area contributed by atoms with Crippen LogP contribution in [0.2, 0.25) is 0 Å². The van der Waals surface area contributed by atoms with Crippen molar-refractivity contribution in [1.82, 2.24) is 9.56 Å². The van der Waals surface area contributed by atoms with Crippen molar-refractivity contribution in [3.8, 4) is 10.6 Å². The molecule has 1 aromatic rings. The van der Waals surface area contributed by atoms with Crippen LogP contribution in [0, 0.1) is 6.92 Å². The van der Waals surface area contributed by atoms with E-state index < -0.39 is 0 Å². The second kappa shape index (κ2) is 8.71. The Morgan fingerprint density at radius 2 is 1.81 bits per heavy atom. The standard InChI is InChI=1S/C21H27N2O2S/c1-5-16-13-17(23(9-11-24-3)10-12-25-4)14-19-21(16)22-20-15(2)7-6-8-18(20)26-19/h6-8,13-14H,5,9-12H2,1-4H3/q+1. The van der Waals surface area contributed by atoms with Gasteiger partial charge in [0.1, 0.15) is 13.2 Å². The molecule has 4 nitrogen and oxygen atoms in total. The Balaban J connectivity index is 2.25. The highest BCUT2D eigenvalue weighted by molar-refractivity contribution is 7.21. The lowest BCUT2D eigenvalue weighted by atomic mass is 10.1. The minimum Gasteiger partial charge on any atom is -0.378 e. The van der Waals surface area contributed by atoms with Crippen LogP contribution in [0.3, 0.4) is 0 Å². The summed E-state index contributed by atoms with van der Waals surface area (Å²) in [5.41, 5.74) is 4.76. The summed E-state index contributed by atoms with van der Waals surface area (Å²) in [4.78, 5) is 6.25. The van der Waals surface area contributed by atoms with E-state index in [1.165, 1.54) is 26.1 Å². The van der Waals surface area contributed by atoms with Crippen LogP contribution in [0.4, 0.5) is 0 Å². The topological polar surface area (TPSA) is 34.4 Å². The maximum absolute atomic E-state index is 5.30. The first-order valence-corrected chi connectivity index (χ1v) is 9.88. The van der Waals surface area contributed by atoms with Crippen LogP contribution in [-0.4, -0.2) is 45.5 Å². The van der Waals surface area contributed by atoms with Gasteiger partial charge in [-0.1, -0.05) is 19.1 Å². The zero-order valence-corrected chi connectivity index (χ0v) is 16.9. The maximum atomic E-state index is 5.30. The first-order chi connectivity index (χ1) is 12.7. The number of nitrogens with zero attached hydrogens (tertiary/aromatic N) is 2. The summed E-state index contributed by atoms with van der Waals surface area (Å²) in [6.07, 6.45) is 0.962. The molecule has 0 fully saturated rings. The molecule has 2 aliphatic rings. The summed E-state index contributed by atoms with van der Waals surface area (Å²) >= 11 is 1.82. The van der Waals surface area contributed by atoms with Gasteiger partial charge in [-0.15, -0.1) is 11.3 Å². The van der Waals surface area contributed by atoms with E-state index in [1.807, 2.05) is 11.3 Å². The maximum Gasteiger partial charge on any atom is 0.201 e. The smallest absolute Gasteiger partial charge is 0.201 e. The van der Waals surface area contributed by atoms with Gasteiger partial charge in [0.2, 0.25) is 5.36 Å². The molecule has 0 saturated heterocycles. The van der Waals surface area contributed by atoms with E-state index >= 15 is 0 Å². The van der Waals surface area contributed by atoms with Crippen molar-refractivity contribution in [2.24, 2.45) is 0 Å². The number of hydrogen-bond donors (Lipinski definition) is 0. The van der Waals surface area contributed by atoms with Gasteiger partial charge in [-0.2, -0.15) is 0 Å². The van der Waals surface area contributed by atoms with Crippen LogP contribution >= 0.6 is 11.3 Å². The van der Waals surface area contributed by atoms with Gasteiger partial charge in [-0.3, -0.25) is 0 Å². The molecule has 0 bridgehead atoms. The molecule has 0 amide bonds. The molecule has 0 spiro atoms. The van der Waals surface area contributed by atoms with Gasteiger partial charge in [-0.25, -0.2) is 9.56 Å². The summed E-state index contributed by atoms with van der Waals surface area (Å²) in [6.45, 7) is 7.41. The van der Waals surface area contributed by atoms with E-state index in [0.29, 0.717) is 13.2 Å². The third-order valence-electron chi connectivity index (χ3n) is 4.66. The first-order valence-electron chi connectivity index (χ1n) is 9.06. The normalized spacial score (nSPS) is 11.4. The number of rotatable bonds is 7. The number of fused-ring (bicyclic) bond motifs is 2. The van der Waals surface area contributed by atoms with Gasteiger partial charge in [-0.05, 0) is 30.5 Å². The Kier molecular flexibility index (Phi) is 6.35. The van der Waals surface area contributed by atoms with Crippen molar-refractivity contribution in [2.45, 2.75) is 20.3 Å². The van der Waals surface area contributed by atoms with Crippen molar-refractivity contribution in [1.29, 1.82) is 0 Å². The van der Waals surface area contributed by atoms with E-state index in [0.717, 1.165) is 30.7 Å². The quantitative estimate of drug-likeness (QED) is 0.472. The molecule has 3 rings (SSSR count). The van der Waals surface area contributed by atoms with E-state index in [2.05, 4.69) is 48.8 Å². The summed E-state index contributed by atoms with van der Waals surface area (Å²) < 4.78 is 14.2. The minimum atomic E-state index is 0.696. The molecule has 0 radical (unpaired) electrons. The first kappa shape index (κ1) is 19.0. The van der Waals surface area contributed by atoms with Crippen molar-refractivity contribution >= 4 is 21.6 Å². The monoisotopic (exact) mass is 371 g/mol. The van der Waals surface area contributed by atoms with E-state index in [9.17, 15) is 0 Å². The van der Waals surface area contributed by atoms with Gasteiger partial charge in [0.15, 0.2) is 13.1 Å². The number of methoxy groups -OCH3 is 2. The van der Waals surface area contributed by atoms with E-state index in [4.69, 9.17) is 14.5 Å². The molecule has 1 aliphatic heterocycles. The van der Waals surface area contributed by atoms with Crippen molar-refractivity contribution in [3.63, 3.8) is 0 Å². The molecule has 5 heteroatoms. The number of para-hydroxylation sites is 1. The highest BCUT2D eigenvalue weighted by Gasteiger charge is 2.16. The summed E-state index contributed by atoms with van der Waals surface area (Å²) in [5.74, 6) is 0. The van der Waals surface area contributed by atoms with Gasteiger partial charge in [0.05, 0.1) is 20.8 Å². The van der Waals surface area contributed by atoms with Crippen LogP contribution in [0.25, 0.3) is 20.8 Å². The molecule has 0 unspecified atom stereocenters. The van der Waals surface area contributed by atoms with Crippen molar-refractivity contribution < 1.29 is 9.47 Å². The molecule has 138 valence electrons. The second-order valence-corrected chi connectivity index (χ2v) is 7.50. The molecule has 1 aliphatic carbocycles. The molecular weight excluding hydrogens is 344 g/mol. The van der Waals surface area contributed by atoms with Crippen molar-refractivity contribution in [3.05, 3.63) is 46.8 Å². The lowest BCUT2D eigenvalue weighted by Crippen LogP contribution is -2.35. The molecule has 0 N–H and O–H groups in total. The summed E-state index contributed by atoms with van der Waals surface area (Å²) in [5, 5.41) is 1.22. The average molecular weight is 372 g/mol. The third-order valence-corrected chi connectivity index (χ3v) is 5.74. The summed E-state index contributed by atoms with van der Waals surface area (Å²) in [6, 6.07) is 10.9. The zero-order valence-electron chi connectivity index (χ0n) is 16.0. The van der Waals surface area contributed by atoms with Crippen molar-refractivity contribution in [2.75, 3.05) is 40.5 Å². The van der Waals surface area contributed by atoms with Crippen LogP contribution in [0.1, 0.15) is 18.1 Å². The van der Waals surface area contributed by atoms with Gasteiger partial charge in [0, 0.05) is 26.4 Å². The fraction of sp³-hybridized carbons (Fsp3) is 0.429. The molecule has 26 heavy (non-hydrogen) atoms. The largest absolute Gasteiger partial charge is 0.378 e. The number of aromatic nitrogens is 1. The predicted octanol–water partition coefficient (Wildman–Crippen LogP) is 3.34. The van der Waals surface area contributed by atoms with Crippen LogP contribution < -0.4 is 9.93 Å². The Labute approximate surface area is 159 Å². The Bertz CT molecular complexity index is 923. The van der Waals surface area contributed by atoms with Crippen LogP contribution in [0.5, 0.6) is 0 Å². The Morgan fingerprint density at radius 1 is 1.08 bits per heavy atom. The molecule has 0 saturated carbocycles. The lowest BCUT2D eigenvalue weighted by molar-refractivity contribution is 0.170. The fourth-order valence-electron chi connectivity index (χ4n) is 3.17. The Hall–Kier alpha value is -1.82. The SMILES string of the molecule is CCc1cc(=[N+](CCOC)CCOC)cc2sc3cccc(C)c3nc1-2. The molecule has 0 aromatic heterocycles. The highest BCUT2D eigenvalue weighted by atomic mass is 32.1. The van der Waals surface area contributed by atoms with Crippen LogP contribution in [-0.2, 0) is 15.9 Å². The van der Waals surface area contributed by atoms with E-state index in [-0.39, 0.29) is 0 Å². The molecule has 1 aromatic carbocycles. The molecule has 0 atom stereocenters. The number of ether oxygens (including phenoxy) is 2. The minimum absolute atomic E-state index is 0.696. The van der Waals surface area contributed by atoms with E-state index in [1.54, 1.807) is 14.2 Å². The number of benzene rings is 2. The highest BCUT2D eigenvalue weighted by Crippen LogP contribution is 2.33. The predicted molar refractivity (Wildman–Crippen MR) is 109 cm³/mol.